The number of nitrogens with zero attached hydrogens (tertiary/aromatic N) is 1. The van der Waals surface area contributed by atoms with Gasteiger partial charge in [0, 0.05) is 11.5 Å². The van der Waals surface area contributed by atoms with Crippen molar-refractivity contribution >= 4 is 11.8 Å². The van der Waals surface area contributed by atoms with E-state index in [-0.39, 0.29) is 11.3 Å². The fourth-order valence-electron chi connectivity index (χ4n) is 2.88. The highest BCUT2D eigenvalue weighted by molar-refractivity contribution is 6.07. The summed E-state index contributed by atoms with van der Waals surface area (Å²) in [4.78, 5) is 12.7. The number of hydrogen-bond acceptors (Lipinski definition) is 5. The van der Waals surface area contributed by atoms with Gasteiger partial charge in [-0.15, -0.1) is 0 Å². The van der Waals surface area contributed by atoms with Gasteiger partial charge in [-0.1, -0.05) is 55.4 Å². The largest absolute Gasteiger partial charge is 0.496 e. The zero-order valence-electron chi connectivity index (χ0n) is 15.8. The van der Waals surface area contributed by atoms with Crippen molar-refractivity contribution < 1.29 is 18.8 Å². The van der Waals surface area contributed by atoms with Gasteiger partial charge in [0.2, 0.25) is 5.88 Å². The molecule has 0 saturated heterocycles. The molecular formula is C21H22N2O4. The first-order valence-corrected chi connectivity index (χ1v) is 8.52. The number of ether oxygens (including phenoxy) is 2. The van der Waals surface area contributed by atoms with E-state index in [1.165, 1.54) is 14.2 Å². The summed E-state index contributed by atoms with van der Waals surface area (Å²) in [6.45, 7) is 4.10. The van der Waals surface area contributed by atoms with Crippen molar-refractivity contribution in [3.05, 3.63) is 71.4 Å². The summed E-state index contributed by atoms with van der Waals surface area (Å²) in [6.07, 6.45) is 0. The summed E-state index contributed by atoms with van der Waals surface area (Å²) >= 11 is 0. The van der Waals surface area contributed by atoms with Crippen molar-refractivity contribution in [1.29, 1.82) is 0 Å². The summed E-state index contributed by atoms with van der Waals surface area (Å²) < 4.78 is 15.9. The number of benzene rings is 2. The quantitative estimate of drug-likeness (QED) is 0.705. The third-order valence-electron chi connectivity index (χ3n) is 4.54. The lowest BCUT2D eigenvalue weighted by molar-refractivity contribution is 0.101. The van der Waals surface area contributed by atoms with Crippen LogP contribution in [0.25, 0.3) is 0 Å². The number of carbonyl (C=O) groups is 1. The van der Waals surface area contributed by atoms with Crippen molar-refractivity contribution in [3.8, 4) is 11.5 Å². The van der Waals surface area contributed by atoms with Crippen LogP contribution in [0.3, 0.4) is 0 Å². The maximum absolute atomic E-state index is 12.7. The SMILES string of the molecule is COc1cccc(OC)c1C(=O)Nc1cc(C(C)(C)c2ccccc2)no1. The molecule has 0 atom stereocenters. The van der Waals surface area contributed by atoms with Crippen molar-refractivity contribution in [2.45, 2.75) is 19.3 Å². The molecule has 0 aliphatic rings. The topological polar surface area (TPSA) is 73.6 Å². The average Bonchev–Trinajstić information content (AvgIpc) is 3.17. The summed E-state index contributed by atoms with van der Waals surface area (Å²) in [5.74, 6) is 0.684. The smallest absolute Gasteiger partial charge is 0.265 e. The standard InChI is InChI=1S/C21H22N2O4/c1-21(2,14-9-6-5-7-10-14)17-13-18(27-23-17)22-20(24)19-15(25-3)11-8-12-16(19)26-4/h5-13H,1-4H3,(H,22,24). The predicted molar refractivity (Wildman–Crippen MR) is 103 cm³/mol. The normalized spacial score (nSPS) is 11.1. The maximum atomic E-state index is 12.7. The van der Waals surface area contributed by atoms with Crippen molar-refractivity contribution in [2.75, 3.05) is 19.5 Å². The number of amides is 1. The molecular weight excluding hydrogens is 344 g/mol. The van der Waals surface area contributed by atoms with Crippen molar-refractivity contribution in [3.63, 3.8) is 0 Å². The Morgan fingerprint density at radius 2 is 1.63 bits per heavy atom. The molecule has 0 unspecified atom stereocenters. The van der Waals surface area contributed by atoms with Gasteiger partial charge in [-0.2, -0.15) is 0 Å². The van der Waals surface area contributed by atoms with Gasteiger partial charge in [0.05, 0.1) is 19.9 Å². The monoisotopic (exact) mass is 366 g/mol. The fraction of sp³-hybridized carbons (Fsp3) is 0.238. The van der Waals surface area contributed by atoms with E-state index < -0.39 is 5.91 Å². The molecule has 140 valence electrons. The Morgan fingerprint density at radius 1 is 1.00 bits per heavy atom. The van der Waals surface area contributed by atoms with E-state index in [2.05, 4.69) is 24.3 Å². The Morgan fingerprint density at radius 3 is 2.22 bits per heavy atom. The second-order valence-electron chi connectivity index (χ2n) is 6.56. The lowest BCUT2D eigenvalue weighted by Gasteiger charge is -2.21. The molecule has 6 nitrogen and oxygen atoms in total. The van der Waals surface area contributed by atoms with E-state index in [1.807, 2.05) is 30.3 Å². The molecule has 3 rings (SSSR count). The second kappa shape index (κ2) is 7.53. The van der Waals surface area contributed by atoms with Crippen LogP contribution >= 0.6 is 0 Å². The highest BCUT2D eigenvalue weighted by Gasteiger charge is 2.28. The molecule has 0 aliphatic heterocycles. The Bertz CT molecular complexity index is 910. The van der Waals surface area contributed by atoms with Crippen molar-refractivity contribution in [2.24, 2.45) is 0 Å². The van der Waals surface area contributed by atoms with Crippen LogP contribution in [0.15, 0.2) is 59.1 Å². The van der Waals surface area contributed by atoms with Crippen LogP contribution in [0.5, 0.6) is 11.5 Å². The van der Waals surface area contributed by atoms with Crippen LogP contribution in [0.1, 0.15) is 35.5 Å². The van der Waals surface area contributed by atoms with Gasteiger partial charge in [0.15, 0.2) is 0 Å². The number of hydrogen-bond donors (Lipinski definition) is 1. The van der Waals surface area contributed by atoms with E-state index in [9.17, 15) is 4.79 Å². The molecule has 1 N–H and O–H groups in total. The number of carbonyl (C=O) groups excluding carboxylic acids is 1. The summed E-state index contributed by atoms with van der Waals surface area (Å²) in [7, 11) is 3.00. The zero-order valence-corrected chi connectivity index (χ0v) is 15.8. The molecule has 6 heteroatoms. The van der Waals surface area contributed by atoms with Gasteiger partial charge in [0.25, 0.3) is 5.91 Å². The highest BCUT2D eigenvalue weighted by Crippen LogP contribution is 2.33. The minimum atomic E-state index is -0.399. The molecule has 1 heterocycles. The molecule has 0 bridgehead atoms. The van der Waals surface area contributed by atoms with E-state index >= 15 is 0 Å². The third-order valence-corrected chi connectivity index (χ3v) is 4.54. The Balaban J connectivity index is 1.86. The lowest BCUT2D eigenvalue weighted by atomic mass is 9.82. The number of anilines is 1. The van der Waals surface area contributed by atoms with Crippen LogP contribution in [0, 0.1) is 0 Å². The third kappa shape index (κ3) is 3.65. The lowest BCUT2D eigenvalue weighted by Crippen LogP contribution is -2.19. The Kier molecular flexibility index (Phi) is 5.16. The molecule has 0 spiro atoms. The van der Waals surface area contributed by atoms with Gasteiger partial charge in [-0.3, -0.25) is 10.1 Å². The second-order valence-corrected chi connectivity index (χ2v) is 6.56. The molecule has 2 aromatic carbocycles. The number of nitrogens with one attached hydrogen (secondary N) is 1. The van der Waals surface area contributed by atoms with Crippen LogP contribution in [0.2, 0.25) is 0 Å². The number of rotatable bonds is 6. The summed E-state index contributed by atoms with van der Waals surface area (Å²) in [5, 5.41) is 6.87. The predicted octanol–water partition coefficient (Wildman–Crippen LogP) is 4.27. The van der Waals surface area contributed by atoms with Gasteiger partial charge < -0.3 is 14.0 Å². The molecule has 0 saturated carbocycles. The Hall–Kier alpha value is -3.28. The van der Waals surface area contributed by atoms with Gasteiger partial charge in [0.1, 0.15) is 17.1 Å². The minimum Gasteiger partial charge on any atom is -0.496 e. The summed E-state index contributed by atoms with van der Waals surface area (Å²) in [6, 6.07) is 16.9. The first-order chi connectivity index (χ1) is 13.0. The summed E-state index contributed by atoms with van der Waals surface area (Å²) in [5.41, 5.74) is 1.75. The zero-order chi connectivity index (χ0) is 19.4. The average molecular weight is 366 g/mol. The van der Waals surface area contributed by atoms with E-state index in [0.717, 1.165) is 11.3 Å². The molecule has 0 aliphatic carbocycles. The van der Waals surface area contributed by atoms with E-state index in [1.54, 1.807) is 24.3 Å². The first kappa shape index (κ1) is 18.5. The molecule has 27 heavy (non-hydrogen) atoms. The molecule has 3 aromatic rings. The molecule has 0 radical (unpaired) electrons. The molecule has 0 fully saturated rings. The Labute approximate surface area is 158 Å². The van der Waals surface area contributed by atoms with Gasteiger partial charge in [-0.25, -0.2) is 0 Å². The van der Waals surface area contributed by atoms with Gasteiger partial charge in [-0.05, 0) is 17.7 Å². The highest BCUT2D eigenvalue weighted by atomic mass is 16.5. The fourth-order valence-corrected chi connectivity index (χ4v) is 2.88. The van der Waals surface area contributed by atoms with E-state index in [4.69, 9.17) is 14.0 Å². The van der Waals surface area contributed by atoms with Crippen molar-refractivity contribution in [1.82, 2.24) is 5.16 Å². The van der Waals surface area contributed by atoms with Gasteiger partial charge >= 0.3 is 0 Å². The van der Waals surface area contributed by atoms with Crippen LogP contribution in [0.4, 0.5) is 5.88 Å². The van der Waals surface area contributed by atoms with E-state index in [0.29, 0.717) is 17.1 Å². The van der Waals surface area contributed by atoms with Crippen LogP contribution in [-0.2, 0) is 5.41 Å². The van der Waals surface area contributed by atoms with Crippen LogP contribution in [-0.4, -0.2) is 25.3 Å². The maximum Gasteiger partial charge on any atom is 0.265 e. The number of methoxy groups -OCH3 is 2. The first-order valence-electron chi connectivity index (χ1n) is 8.52. The molecule has 1 amide bonds. The van der Waals surface area contributed by atoms with Crippen LogP contribution < -0.4 is 14.8 Å². The molecule has 1 aromatic heterocycles. The number of aromatic nitrogens is 1. The minimum absolute atomic E-state index is 0.256.